The lowest BCUT2D eigenvalue weighted by Gasteiger charge is -2.15. The van der Waals surface area contributed by atoms with E-state index >= 15 is 0 Å². The average Bonchev–Trinajstić information content (AvgIpc) is 3.10. The van der Waals surface area contributed by atoms with Crippen molar-refractivity contribution in [3.05, 3.63) is 58.7 Å². The summed E-state index contributed by atoms with van der Waals surface area (Å²) in [6, 6.07) is 9.30. The number of benzene rings is 2. The Morgan fingerprint density at radius 3 is 2.37 bits per heavy atom. The van der Waals surface area contributed by atoms with Crippen molar-refractivity contribution in [3.8, 4) is 0 Å². The minimum Gasteiger partial charge on any atom is -0.343 e. The largest absolute Gasteiger partial charge is 0.405 e. The fraction of sp³-hybridized carbons (Fsp3) is 0.286. The molecule has 0 unspecified atom stereocenters. The van der Waals surface area contributed by atoms with Gasteiger partial charge < -0.3 is 15.5 Å². The minimum absolute atomic E-state index is 0.00574. The molecule has 2 N–H and O–H groups in total. The van der Waals surface area contributed by atoms with E-state index in [1.54, 1.807) is 41.4 Å². The van der Waals surface area contributed by atoms with E-state index in [2.05, 4.69) is 5.32 Å². The molecule has 0 radical (unpaired) electrons. The van der Waals surface area contributed by atoms with Crippen LogP contribution in [-0.4, -0.2) is 37.0 Å². The highest BCUT2D eigenvalue weighted by Crippen LogP contribution is 2.29. The van der Waals surface area contributed by atoms with E-state index in [0.717, 1.165) is 11.3 Å². The lowest BCUT2D eigenvalue weighted by atomic mass is 10.1. The Morgan fingerprint density at radius 1 is 1.03 bits per heavy atom. The molecule has 0 fully saturated rings. The SMILES string of the molecule is CC(=O)N1CCc2cc(C(=O)Nc3cc(C(=O)NCC(F)(F)F)ccc3C)ccc21. The molecule has 1 aliphatic heterocycles. The maximum absolute atomic E-state index is 12.7. The van der Waals surface area contributed by atoms with Crippen molar-refractivity contribution in [2.45, 2.75) is 26.4 Å². The summed E-state index contributed by atoms with van der Waals surface area (Å²) in [6.07, 6.45) is -3.87. The van der Waals surface area contributed by atoms with Crippen molar-refractivity contribution in [3.63, 3.8) is 0 Å². The molecule has 2 aromatic carbocycles. The predicted molar refractivity (Wildman–Crippen MR) is 106 cm³/mol. The maximum Gasteiger partial charge on any atom is 0.405 e. The fourth-order valence-corrected chi connectivity index (χ4v) is 3.25. The normalized spacial score (nSPS) is 13.0. The van der Waals surface area contributed by atoms with Crippen molar-refractivity contribution in [1.82, 2.24) is 5.32 Å². The molecule has 30 heavy (non-hydrogen) atoms. The molecular formula is C21H20F3N3O3. The van der Waals surface area contributed by atoms with Crippen LogP contribution < -0.4 is 15.5 Å². The lowest BCUT2D eigenvalue weighted by Crippen LogP contribution is -2.33. The number of hydrogen-bond donors (Lipinski definition) is 2. The zero-order valence-electron chi connectivity index (χ0n) is 16.4. The van der Waals surface area contributed by atoms with Crippen LogP contribution in [0.1, 0.15) is 38.8 Å². The average molecular weight is 419 g/mol. The van der Waals surface area contributed by atoms with E-state index in [1.165, 1.54) is 19.1 Å². The zero-order valence-corrected chi connectivity index (χ0v) is 16.4. The summed E-state index contributed by atoms with van der Waals surface area (Å²) in [7, 11) is 0. The van der Waals surface area contributed by atoms with E-state index in [1.807, 2.05) is 0 Å². The van der Waals surface area contributed by atoms with E-state index in [4.69, 9.17) is 0 Å². The third kappa shape index (κ3) is 4.79. The molecule has 6 nitrogen and oxygen atoms in total. The number of halogens is 3. The Labute approximate surface area is 171 Å². The van der Waals surface area contributed by atoms with Gasteiger partial charge in [-0.1, -0.05) is 6.07 Å². The molecule has 158 valence electrons. The summed E-state index contributed by atoms with van der Waals surface area (Å²) in [6.45, 7) is 2.31. The molecule has 0 saturated carbocycles. The molecule has 0 aromatic heterocycles. The first-order chi connectivity index (χ1) is 14.0. The van der Waals surface area contributed by atoms with Gasteiger partial charge in [-0.2, -0.15) is 13.2 Å². The number of nitrogens with zero attached hydrogens (tertiary/aromatic N) is 1. The van der Waals surface area contributed by atoms with Crippen LogP contribution in [0.5, 0.6) is 0 Å². The number of amides is 3. The quantitative estimate of drug-likeness (QED) is 0.797. The van der Waals surface area contributed by atoms with Crippen LogP contribution in [0, 0.1) is 6.92 Å². The molecular weight excluding hydrogens is 399 g/mol. The van der Waals surface area contributed by atoms with E-state index in [0.29, 0.717) is 29.8 Å². The second-order valence-corrected chi connectivity index (χ2v) is 7.05. The standard InChI is InChI=1S/C21H20F3N3O3/c1-12-3-4-16(19(29)25-11-21(22,23)24)10-17(12)26-20(30)15-5-6-18-14(9-15)7-8-27(18)13(2)28/h3-6,9-10H,7-8,11H2,1-2H3,(H,25,29)(H,26,30). The first-order valence-corrected chi connectivity index (χ1v) is 9.23. The van der Waals surface area contributed by atoms with Crippen LogP contribution in [0.25, 0.3) is 0 Å². The second-order valence-electron chi connectivity index (χ2n) is 7.05. The molecule has 0 bridgehead atoms. The highest BCUT2D eigenvalue weighted by Gasteiger charge is 2.28. The Bertz CT molecular complexity index is 1020. The molecule has 0 atom stereocenters. The van der Waals surface area contributed by atoms with Gasteiger partial charge in [0.2, 0.25) is 5.91 Å². The van der Waals surface area contributed by atoms with Gasteiger partial charge >= 0.3 is 6.18 Å². The summed E-state index contributed by atoms with van der Waals surface area (Å²) in [5.74, 6) is -1.37. The maximum atomic E-state index is 12.7. The van der Waals surface area contributed by atoms with Gasteiger partial charge in [-0.25, -0.2) is 0 Å². The highest BCUT2D eigenvalue weighted by atomic mass is 19.4. The molecule has 9 heteroatoms. The summed E-state index contributed by atoms with van der Waals surface area (Å²) < 4.78 is 36.9. The van der Waals surface area contributed by atoms with E-state index in [-0.39, 0.29) is 11.5 Å². The molecule has 3 rings (SSSR count). The summed E-state index contributed by atoms with van der Waals surface area (Å²) in [5, 5.41) is 4.50. The lowest BCUT2D eigenvalue weighted by molar-refractivity contribution is -0.123. The number of aryl methyl sites for hydroxylation is 1. The summed E-state index contributed by atoms with van der Waals surface area (Å²) in [4.78, 5) is 37.9. The van der Waals surface area contributed by atoms with Gasteiger partial charge in [0.05, 0.1) is 0 Å². The Hall–Kier alpha value is -3.36. The zero-order chi connectivity index (χ0) is 22.1. The van der Waals surface area contributed by atoms with Gasteiger partial charge in [-0.15, -0.1) is 0 Å². The van der Waals surface area contributed by atoms with Crippen LogP contribution in [-0.2, 0) is 11.2 Å². The van der Waals surface area contributed by atoms with E-state index in [9.17, 15) is 27.6 Å². The Balaban J connectivity index is 1.76. The highest BCUT2D eigenvalue weighted by molar-refractivity contribution is 6.06. The number of hydrogen-bond acceptors (Lipinski definition) is 3. The number of anilines is 2. The number of fused-ring (bicyclic) bond motifs is 1. The first-order valence-electron chi connectivity index (χ1n) is 9.23. The third-order valence-electron chi connectivity index (χ3n) is 4.81. The van der Waals surface area contributed by atoms with Gasteiger partial charge in [0.15, 0.2) is 0 Å². The van der Waals surface area contributed by atoms with Crippen molar-refractivity contribution in [2.75, 3.05) is 23.3 Å². The molecule has 0 saturated heterocycles. The molecule has 3 amide bonds. The van der Waals surface area contributed by atoms with Gasteiger partial charge in [-0.3, -0.25) is 14.4 Å². The van der Waals surface area contributed by atoms with Gasteiger partial charge in [0, 0.05) is 36.0 Å². The predicted octanol–water partition coefficient (Wildman–Crippen LogP) is 3.45. The first kappa shape index (κ1) is 21.4. The number of carbonyl (C=O) groups is 3. The molecule has 1 aliphatic rings. The molecule has 2 aromatic rings. The molecule has 0 aliphatic carbocycles. The minimum atomic E-state index is -4.51. The van der Waals surface area contributed by atoms with Gasteiger partial charge in [0.25, 0.3) is 11.8 Å². The summed E-state index contributed by atoms with van der Waals surface area (Å²) >= 11 is 0. The van der Waals surface area contributed by atoms with Crippen LogP contribution in [0.2, 0.25) is 0 Å². The van der Waals surface area contributed by atoms with Crippen molar-refractivity contribution in [1.29, 1.82) is 0 Å². The third-order valence-corrected chi connectivity index (χ3v) is 4.81. The Morgan fingerprint density at radius 2 is 1.70 bits per heavy atom. The van der Waals surface area contributed by atoms with Crippen molar-refractivity contribution in [2.24, 2.45) is 0 Å². The fourth-order valence-electron chi connectivity index (χ4n) is 3.25. The van der Waals surface area contributed by atoms with Gasteiger partial charge in [0.1, 0.15) is 6.54 Å². The van der Waals surface area contributed by atoms with Crippen molar-refractivity contribution < 1.29 is 27.6 Å². The van der Waals surface area contributed by atoms with Gasteiger partial charge in [-0.05, 0) is 54.8 Å². The number of carbonyl (C=O) groups excluding carboxylic acids is 3. The number of nitrogens with one attached hydrogen (secondary N) is 2. The number of alkyl halides is 3. The van der Waals surface area contributed by atoms with Crippen LogP contribution in [0.4, 0.5) is 24.5 Å². The number of rotatable bonds is 4. The van der Waals surface area contributed by atoms with Crippen LogP contribution in [0.3, 0.4) is 0 Å². The van der Waals surface area contributed by atoms with Crippen LogP contribution >= 0.6 is 0 Å². The Kier molecular flexibility index (Phi) is 5.82. The molecule has 0 spiro atoms. The summed E-state index contributed by atoms with van der Waals surface area (Å²) in [5.41, 5.74) is 3.02. The van der Waals surface area contributed by atoms with Crippen LogP contribution in [0.15, 0.2) is 36.4 Å². The molecule has 1 heterocycles. The topological polar surface area (TPSA) is 78.5 Å². The van der Waals surface area contributed by atoms with E-state index < -0.39 is 24.5 Å². The van der Waals surface area contributed by atoms with Crippen molar-refractivity contribution >= 4 is 29.1 Å². The second kappa shape index (κ2) is 8.17. The smallest absolute Gasteiger partial charge is 0.343 e. The monoisotopic (exact) mass is 419 g/mol.